The number of benzene rings is 1. The van der Waals surface area contributed by atoms with Crippen molar-refractivity contribution in [2.24, 2.45) is 0 Å². The van der Waals surface area contributed by atoms with E-state index in [0.717, 1.165) is 12.8 Å². The molecule has 0 aliphatic carbocycles. The molecule has 1 aromatic rings. The number of unbranched alkanes of at least 4 members (excludes halogenated alkanes) is 1. The Balaban J connectivity index is 2.17. The minimum absolute atomic E-state index is 0.373. The maximum atomic E-state index is 12.4. The van der Waals surface area contributed by atoms with Crippen LogP contribution in [0.15, 0.2) is 30.3 Å². The Morgan fingerprint density at radius 1 is 1.19 bits per heavy atom. The first kappa shape index (κ1) is 20.4. The highest BCUT2D eigenvalue weighted by Gasteiger charge is 2.49. The Kier molecular flexibility index (Phi) is 7.56. The van der Waals surface area contributed by atoms with E-state index in [-0.39, 0.29) is 0 Å². The van der Waals surface area contributed by atoms with Crippen LogP contribution in [0.3, 0.4) is 0 Å². The van der Waals surface area contributed by atoms with Crippen LogP contribution in [-0.2, 0) is 23.7 Å². The first-order chi connectivity index (χ1) is 12.5. The van der Waals surface area contributed by atoms with E-state index in [1.165, 1.54) is 7.11 Å². The molecule has 0 bridgehead atoms. The molecule has 1 aliphatic heterocycles. The van der Waals surface area contributed by atoms with Gasteiger partial charge in [0.05, 0.1) is 18.8 Å². The van der Waals surface area contributed by atoms with Gasteiger partial charge in [0.1, 0.15) is 12.2 Å². The van der Waals surface area contributed by atoms with Gasteiger partial charge in [-0.15, -0.1) is 0 Å². The second-order valence-corrected chi connectivity index (χ2v) is 6.20. The number of carbonyl (C=O) groups excluding carboxylic acids is 2. The van der Waals surface area contributed by atoms with Crippen molar-refractivity contribution in [2.45, 2.75) is 57.2 Å². The van der Waals surface area contributed by atoms with E-state index in [2.05, 4.69) is 4.74 Å². The van der Waals surface area contributed by atoms with Gasteiger partial charge in [-0.1, -0.05) is 31.5 Å². The zero-order valence-electron chi connectivity index (χ0n) is 15.3. The Morgan fingerprint density at radius 2 is 1.88 bits per heavy atom. The van der Waals surface area contributed by atoms with Crippen molar-refractivity contribution in [1.82, 2.24) is 0 Å². The fourth-order valence-corrected chi connectivity index (χ4v) is 2.82. The maximum absolute atomic E-state index is 12.4. The van der Waals surface area contributed by atoms with Gasteiger partial charge in [-0.3, -0.25) is 0 Å². The van der Waals surface area contributed by atoms with Gasteiger partial charge >= 0.3 is 11.9 Å². The highest BCUT2D eigenvalue weighted by Crippen LogP contribution is 2.27. The third-order valence-corrected chi connectivity index (χ3v) is 4.29. The summed E-state index contributed by atoms with van der Waals surface area (Å²) in [5.74, 6) is -1.24. The topological polar surface area (TPSA) is 91.3 Å². The molecule has 0 spiro atoms. The summed E-state index contributed by atoms with van der Waals surface area (Å²) in [4.78, 5) is 24.3. The zero-order chi connectivity index (χ0) is 19.1. The minimum atomic E-state index is -1.30. The van der Waals surface area contributed by atoms with Crippen molar-refractivity contribution in [2.75, 3.05) is 13.7 Å². The summed E-state index contributed by atoms with van der Waals surface area (Å²) in [6, 6.07) is 8.53. The third kappa shape index (κ3) is 4.81. The smallest absolute Gasteiger partial charge is 0.338 e. The highest BCUT2D eigenvalue weighted by molar-refractivity contribution is 5.89. The summed E-state index contributed by atoms with van der Waals surface area (Å²) >= 11 is 0. The van der Waals surface area contributed by atoms with Gasteiger partial charge in [-0.25, -0.2) is 9.59 Å². The lowest BCUT2D eigenvalue weighted by atomic mass is 9.95. The Morgan fingerprint density at radius 3 is 2.50 bits per heavy atom. The second kappa shape index (κ2) is 9.66. The molecular formula is C19H26O7. The Hall–Kier alpha value is -1.96. The lowest BCUT2D eigenvalue weighted by Gasteiger charge is -2.42. The van der Waals surface area contributed by atoms with Gasteiger partial charge in [-0.05, 0) is 25.5 Å². The van der Waals surface area contributed by atoms with E-state index in [1.807, 2.05) is 6.92 Å². The number of hydrogen-bond acceptors (Lipinski definition) is 7. The standard InChI is InChI=1S/C19H26O7/c1-4-5-11-24-16-14(20)17(19(22)23-3)25-12(2)15(16)26-18(21)13-9-7-6-8-10-13/h6-10,12,14-17,20H,4-5,11H2,1-3H3/t12-,14+,15+,16?,17?/m0/s1. The monoisotopic (exact) mass is 366 g/mol. The SMILES string of the molecule is CCCCOC1[C@@H](O)C(C(=O)OC)O[C@@H](C)[C@H]1OC(=O)c1ccccc1. The summed E-state index contributed by atoms with van der Waals surface area (Å²) in [6.07, 6.45) is -3.19. The van der Waals surface area contributed by atoms with Crippen LogP contribution in [0.1, 0.15) is 37.0 Å². The van der Waals surface area contributed by atoms with Crippen LogP contribution in [0, 0.1) is 0 Å². The third-order valence-electron chi connectivity index (χ3n) is 4.29. The molecule has 5 atom stereocenters. The van der Waals surface area contributed by atoms with Gasteiger partial charge in [0, 0.05) is 6.61 Å². The van der Waals surface area contributed by atoms with Crippen LogP contribution < -0.4 is 0 Å². The zero-order valence-corrected chi connectivity index (χ0v) is 15.3. The number of rotatable bonds is 7. The number of esters is 2. The quantitative estimate of drug-likeness (QED) is 0.580. The molecule has 1 aliphatic rings. The van der Waals surface area contributed by atoms with E-state index in [9.17, 15) is 14.7 Å². The Labute approximate surface area is 153 Å². The van der Waals surface area contributed by atoms with Crippen molar-refractivity contribution < 1.29 is 33.6 Å². The average molecular weight is 366 g/mol. The van der Waals surface area contributed by atoms with Crippen LogP contribution in [0.2, 0.25) is 0 Å². The minimum Gasteiger partial charge on any atom is -0.467 e. The number of methoxy groups -OCH3 is 1. The summed E-state index contributed by atoms with van der Waals surface area (Å²) in [5.41, 5.74) is 0.386. The van der Waals surface area contributed by atoms with Gasteiger partial charge in [0.15, 0.2) is 12.2 Å². The molecule has 144 valence electrons. The molecule has 0 saturated carbocycles. The first-order valence-corrected chi connectivity index (χ1v) is 8.78. The largest absolute Gasteiger partial charge is 0.467 e. The lowest BCUT2D eigenvalue weighted by molar-refractivity contribution is -0.235. The van der Waals surface area contributed by atoms with Crippen LogP contribution in [-0.4, -0.2) is 61.3 Å². The van der Waals surface area contributed by atoms with Gasteiger partial charge in [0.25, 0.3) is 0 Å². The molecule has 1 fully saturated rings. The summed E-state index contributed by atoms with van der Waals surface area (Å²) in [7, 11) is 1.22. The van der Waals surface area contributed by atoms with Crippen molar-refractivity contribution in [1.29, 1.82) is 0 Å². The molecule has 1 N–H and O–H groups in total. The van der Waals surface area contributed by atoms with Gasteiger partial charge in [0.2, 0.25) is 0 Å². The van der Waals surface area contributed by atoms with Gasteiger partial charge in [-0.2, -0.15) is 0 Å². The molecule has 1 aromatic carbocycles. The van der Waals surface area contributed by atoms with E-state index < -0.39 is 42.5 Å². The van der Waals surface area contributed by atoms with Crippen molar-refractivity contribution in [3.05, 3.63) is 35.9 Å². The molecule has 2 rings (SSSR count). The van der Waals surface area contributed by atoms with Crippen molar-refractivity contribution >= 4 is 11.9 Å². The highest BCUT2D eigenvalue weighted by atomic mass is 16.6. The summed E-state index contributed by atoms with van der Waals surface area (Å²) in [6.45, 7) is 4.05. The number of aliphatic hydroxyl groups excluding tert-OH is 1. The molecule has 0 aromatic heterocycles. The predicted octanol–water partition coefficient (Wildman–Crippen LogP) is 1.72. The summed E-state index contributed by atoms with van der Waals surface area (Å²) in [5, 5.41) is 10.6. The number of aliphatic hydroxyl groups is 1. The number of ether oxygens (including phenoxy) is 4. The first-order valence-electron chi connectivity index (χ1n) is 8.78. The Bertz CT molecular complexity index is 589. The molecule has 0 radical (unpaired) electrons. The lowest BCUT2D eigenvalue weighted by Crippen LogP contribution is -2.61. The molecule has 2 unspecified atom stereocenters. The predicted molar refractivity (Wildman–Crippen MR) is 92.7 cm³/mol. The molecule has 1 heterocycles. The maximum Gasteiger partial charge on any atom is 0.338 e. The number of hydrogen-bond donors (Lipinski definition) is 1. The van der Waals surface area contributed by atoms with Crippen molar-refractivity contribution in [3.8, 4) is 0 Å². The van der Waals surface area contributed by atoms with Crippen LogP contribution in [0.25, 0.3) is 0 Å². The fourth-order valence-electron chi connectivity index (χ4n) is 2.82. The van der Waals surface area contributed by atoms with Gasteiger partial charge < -0.3 is 24.1 Å². The van der Waals surface area contributed by atoms with E-state index in [0.29, 0.717) is 12.2 Å². The van der Waals surface area contributed by atoms with Crippen LogP contribution >= 0.6 is 0 Å². The normalized spacial score (nSPS) is 28.4. The van der Waals surface area contributed by atoms with Crippen LogP contribution in [0.4, 0.5) is 0 Å². The molecule has 7 heteroatoms. The molecule has 7 nitrogen and oxygen atoms in total. The molecule has 1 saturated heterocycles. The van der Waals surface area contributed by atoms with E-state index in [4.69, 9.17) is 14.2 Å². The number of carbonyl (C=O) groups is 2. The summed E-state index contributed by atoms with van der Waals surface area (Å²) < 4.78 is 21.6. The van der Waals surface area contributed by atoms with Crippen LogP contribution in [0.5, 0.6) is 0 Å². The molecule has 26 heavy (non-hydrogen) atoms. The fraction of sp³-hybridized carbons (Fsp3) is 0.579. The molecular weight excluding hydrogens is 340 g/mol. The molecule has 0 amide bonds. The van der Waals surface area contributed by atoms with Crippen molar-refractivity contribution in [3.63, 3.8) is 0 Å². The van der Waals surface area contributed by atoms with E-state index in [1.54, 1.807) is 37.3 Å². The van der Waals surface area contributed by atoms with E-state index >= 15 is 0 Å². The average Bonchev–Trinajstić information content (AvgIpc) is 2.66. The second-order valence-electron chi connectivity index (χ2n) is 6.20.